The molecule has 0 radical (unpaired) electrons. The summed E-state index contributed by atoms with van der Waals surface area (Å²) in [7, 11) is 0. The first-order valence-electron chi connectivity index (χ1n) is 7.27. The maximum Gasteiger partial charge on any atom is 0.237 e. The third kappa shape index (κ3) is 2.34. The summed E-state index contributed by atoms with van der Waals surface area (Å²) in [6.07, 6.45) is 1.90. The van der Waals surface area contributed by atoms with E-state index in [1.54, 1.807) is 0 Å². The van der Waals surface area contributed by atoms with Gasteiger partial charge in [-0.15, -0.1) is 0 Å². The minimum atomic E-state index is -0.0776. The first kappa shape index (κ1) is 13.8. The van der Waals surface area contributed by atoms with E-state index >= 15 is 0 Å². The highest BCUT2D eigenvalue weighted by Gasteiger charge is 2.59. The number of imide groups is 1. The van der Waals surface area contributed by atoms with Crippen molar-refractivity contribution in [2.45, 2.75) is 26.2 Å². The lowest BCUT2D eigenvalue weighted by Crippen LogP contribution is -2.33. The summed E-state index contributed by atoms with van der Waals surface area (Å²) in [6.45, 7) is 2.04. The molecule has 1 aliphatic carbocycles. The molecule has 2 amide bonds. The van der Waals surface area contributed by atoms with Gasteiger partial charge >= 0.3 is 0 Å². The SMILES string of the molecule is CCc1cc(C#CCCO)ccc1N1C(=O)C2CC2C1=O. The standard InChI is InChI=1S/C17H17NO3/c1-2-12-9-11(5-3-4-8-19)6-7-15(12)18-16(20)13-10-14(13)17(18)21/h6-7,9,13-14,19H,2,4,8,10H2,1H3. The number of carbonyl (C=O) groups is 2. The number of hydrogen-bond donors (Lipinski definition) is 1. The lowest BCUT2D eigenvalue weighted by atomic mass is 10.0. The molecule has 1 saturated carbocycles. The fourth-order valence-electron chi connectivity index (χ4n) is 2.80. The quantitative estimate of drug-likeness (QED) is 0.675. The van der Waals surface area contributed by atoms with Gasteiger partial charge in [0.05, 0.1) is 24.1 Å². The summed E-state index contributed by atoms with van der Waals surface area (Å²) >= 11 is 0. The number of anilines is 1. The van der Waals surface area contributed by atoms with Crippen LogP contribution in [0, 0.1) is 23.7 Å². The molecular formula is C17H17NO3. The van der Waals surface area contributed by atoms with Gasteiger partial charge in [0, 0.05) is 12.0 Å². The minimum absolute atomic E-state index is 0.0469. The zero-order chi connectivity index (χ0) is 15.0. The molecule has 1 aliphatic heterocycles. The lowest BCUT2D eigenvalue weighted by molar-refractivity contribution is -0.123. The van der Waals surface area contributed by atoms with Gasteiger partial charge in [0.2, 0.25) is 11.8 Å². The Morgan fingerprint density at radius 3 is 2.62 bits per heavy atom. The van der Waals surface area contributed by atoms with E-state index in [0.29, 0.717) is 12.1 Å². The Balaban J connectivity index is 1.91. The van der Waals surface area contributed by atoms with Crippen LogP contribution in [0.15, 0.2) is 18.2 Å². The van der Waals surface area contributed by atoms with Crippen LogP contribution in [0.25, 0.3) is 0 Å². The minimum Gasteiger partial charge on any atom is -0.395 e. The van der Waals surface area contributed by atoms with Crippen LogP contribution < -0.4 is 4.90 Å². The van der Waals surface area contributed by atoms with E-state index in [2.05, 4.69) is 11.8 Å². The number of rotatable bonds is 3. The smallest absolute Gasteiger partial charge is 0.237 e. The molecule has 1 aromatic rings. The molecular weight excluding hydrogens is 266 g/mol. The topological polar surface area (TPSA) is 57.6 Å². The molecule has 0 aromatic heterocycles. The summed E-state index contributed by atoms with van der Waals surface area (Å²) in [5, 5.41) is 8.74. The van der Waals surface area contributed by atoms with Gasteiger partial charge in [0.1, 0.15) is 0 Å². The predicted octanol–water partition coefficient (Wildman–Crippen LogP) is 1.49. The molecule has 1 saturated heterocycles. The average molecular weight is 283 g/mol. The van der Waals surface area contributed by atoms with E-state index in [1.807, 2.05) is 25.1 Å². The summed E-state index contributed by atoms with van der Waals surface area (Å²) in [6, 6.07) is 5.55. The molecule has 0 spiro atoms. The number of amides is 2. The molecule has 1 heterocycles. The van der Waals surface area contributed by atoms with Gasteiger partial charge in [-0.25, -0.2) is 4.90 Å². The number of aryl methyl sites for hydroxylation is 1. The van der Waals surface area contributed by atoms with Gasteiger partial charge in [-0.3, -0.25) is 9.59 Å². The molecule has 2 atom stereocenters. The van der Waals surface area contributed by atoms with Crippen LogP contribution in [-0.2, 0) is 16.0 Å². The Bertz CT molecular complexity index is 648. The van der Waals surface area contributed by atoms with Crippen LogP contribution in [0.2, 0.25) is 0 Å². The fourth-order valence-corrected chi connectivity index (χ4v) is 2.80. The number of hydrogen-bond acceptors (Lipinski definition) is 3. The Hall–Kier alpha value is -2.12. The highest BCUT2D eigenvalue weighted by molar-refractivity contribution is 6.25. The molecule has 21 heavy (non-hydrogen) atoms. The van der Waals surface area contributed by atoms with Gasteiger partial charge in [-0.2, -0.15) is 0 Å². The van der Waals surface area contributed by atoms with Crippen LogP contribution in [-0.4, -0.2) is 23.5 Å². The monoisotopic (exact) mass is 283 g/mol. The van der Waals surface area contributed by atoms with Crippen LogP contribution >= 0.6 is 0 Å². The van der Waals surface area contributed by atoms with E-state index in [-0.39, 0.29) is 30.3 Å². The van der Waals surface area contributed by atoms with Crippen molar-refractivity contribution in [2.75, 3.05) is 11.5 Å². The van der Waals surface area contributed by atoms with Crippen molar-refractivity contribution >= 4 is 17.5 Å². The summed E-state index contributed by atoms with van der Waals surface area (Å²) < 4.78 is 0. The van der Waals surface area contributed by atoms with Crippen LogP contribution in [0.3, 0.4) is 0 Å². The predicted molar refractivity (Wildman–Crippen MR) is 78.5 cm³/mol. The van der Waals surface area contributed by atoms with Gasteiger partial charge in [0.15, 0.2) is 0 Å². The van der Waals surface area contributed by atoms with Gasteiger partial charge in [-0.05, 0) is 36.6 Å². The average Bonchev–Trinajstić information content (AvgIpc) is 3.24. The van der Waals surface area contributed by atoms with E-state index in [9.17, 15) is 9.59 Å². The van der Waals surface area contributed by atoms with E-state index < -0.39 is 0 Å². The van der Waals surface area contributed by atoms with E-state index in [1.165, 1.54) is 4.90 Å². The largest absolute Gasteiger partial charge is 0.395 e. The number of benzene rings is 1. The number of carbonyl (C=O) groups excluding carboxylic acids is 2. The molecule has 2 fully saturated rings. The fraction of sp³-hybridized carbons (Fsp3) is 0.412. The third-order valence-corrected chi connectivity index (χ3v) is 4.04. The highest BCUT2D eigenvalue weighted by atomic mass is 16.2. The first-order chi connectivity index (χ1) is 10.2. The normalized spacial score (nSPS) is 22.9. The first-order valence-corrected chi connectivity index (χ1v) is 7.27. The maximum absolute atomic E-state index is 12.2. The number of aliphatic hydroxyl groups excluding tert-OH is 1. The number of nitrogens with zero attached hydrogens (tertiary/aromatic N) is 1. The van der Waals surface area contributed by atoms with Crippen molar-refractivity contribution in [1.29, 1.82) is 0 Å². The molecule has 2 aliphatic rings. The molecule has 3 rings (SSSR count). The second kappa shape index (κ2) is 5.34. The Labute approximate surface area is 123 Å². The van der Waals surface area contributed by atoms with Crippen molar-refractivity contribution in [2.24, 2.45) is 11.8 Å². The molecule has 0 bridgehead atoms. The van der Waals surface area contributed by atoms with E-state index in [0.717, 1.165) is 24.0 Å². The van der Waals surface area contributed by atoms with Crippen molar-refractivity contribution < 1.29 is 14.7 Å². The van der Waals surface area contributed by atoms with Gasteiger partial charge < -0.3 is 5.11 Å². The molecule has 4 nitrogen and oxygen atoms in total. The lowest BCUT2D eigenvalue weighted by Gasteiger charge is -2.20. The maximum atomic E-state index is 12.2. The van der Waals surface area contributed by atoms with Crippen LogP contribution in [0.4, 0.5) is 5.69 Å². The molecule has 2 unspecified atom stereocenters. The van der Waals surface area contributed by atoms with E-state index in [4.69, 9.17) is 5.11 Å². The molecule has 1 aromatic carbocycles. The Kier molecular flexibility index (Phi) is 3.52. The van der Waals surface area contributed by atoms with Crippen molar-refractivity contribution in [1.82, 2.24) is 0 Å². The molecule has 1 N–H and O–H groups in total. The summed E-state index contributed by atoms with van der Waals surface area (Å²) in [5.74, 6) is 5.59. The molecule has 108 valence electrons. The van der Waals surface area contributed by atoms with Gasteiger partial charge in [0.25, 0.3) is 0 Å². The summed E-state index contributed by atoms with van der Waals surface area (Å²) in [5.41, 5.74) is 2.49. The highest BCUT2D eigenvalue weighted by Crippen LogP contribution is 2.48. The van der Waals surface area contributed by atoms with Crippen molar-refractivity contribution in [3.63, 3.8) is 0 Å². The van der Waals surface area contributed by atoms with Crippen LogP contribution in [0.1, 0.15) is 30.9 Å². The number of aliphatic hydroxyl groups is 1. The molecule has 4 heteroatoms. The Morgan fingerprint density at radius 1 is 1.29 bits per heavy atom. The Morgan fingerprint density at radius 2 is 2.00 bits per heavy atom. The number of fused-ring (bicyclic) bond motifs is 1. The van der Waals surface area contributed by atoms with Crippen molar-refractivity contribution in [3.8, 4) is 11.8 Å². The second-order valence-corrected chi connectivity index (χ2v) is 5.43. The second-order valence-electron chi connectivity index (χ2n) is 5.43. The summed E-state index contributed by atoms with van der Waals surface area (Å²) in [4.78, 5) is 25.7. The zero-order valence-corrected chi connectivity index (χ0v) is 11.9. The van der Waals surface area contributed by atoms with Crippen molar-refractivity contribution in [3.05, 3.63) is 29.3 Å². The third-order valence-electron chi connectivity index (χ3n) is 4.04. The van der Waals surface area contributed by atoms with Gasteiger partial charge in [-0.1, -0.05) is 18.8 Å². The zero-order valence-electron chi connectivity index (χ0n) is 11.9. The number of piperidine rings is 1. The van der Waals surface area contributed by atoms with Crippen LogP contribution in [0.5, 0.6) is 0 Å².